The fourth-order valence-electron chi connectivity index (χ4n) is 3.14. The molecule has 0 bridgehead atoms. The van der Waals surface area contributed by atoms with Crippen molar-refractivity contribution in [3.05, 3.63) is 60.0 Å². The molecule has 0 radical (unpaired) electrons. The maximum Gasteiger partial charge on any atom is 0.226 e. The van der Waals surface area contributed by atoms with E-state index in [2.05, 4.69) is 16.9 Å². The predicted octanol–water partition coefficient (Wildman–Crippen LogP) is 2.89. The van der Waals surface area contributed by atoms with Crippen LogP contribution in [0.3, 0.4) is 0 Å². The Bertz CT molecular complexity index is 667. The first-order valence-electron chi connectivity index (χ1n) is 8.29. The van der Waals surface area contributed by atoms with Crippen LogP contribution in [-0.2, 0) is 11.2 Å². The van der Waals surface area contributed by atoms with Gasteiger partial charge in [0.05, 0.1) is 6.42 Å². The van der Waals surface area contributed by atoms with Crippen molar-refractivity contribution in [3.8, 4) is 0 Å². The molecule has 0 unspecified atom stereocenters. The standard InChI is InChI=1S/C19H22FN3O/c1-22(18-4-2-3-11-21-18)17-9-12-23(13-10-17)19(24)14-15-5-7-16(20)8-6-15/h2-8,11,17H,9-10,12-14H2,1H3. The summed E-state index contributed by atoms with van der Waals surface area (Å²) in [4.78, 5) is 20.9. The lowest BCUT2D eigenvalue weighted by Gasteiger charge is -2.37. The molecule has 126 valence electrons. The Morgan fingerprint density at radius 2 is 1.92 bits per heavy atom. The summed E-state index contributed by atoms with van der Waals surface area (Å²) in [5, 5.41) is 0. The van der Waals surface area contributed by atoms with Crippen LogP contribution >= 0.6 is 0 Å². The van der Waals surface area contributed by atoms with Crippen molar-refractivity contribution < 1.29 is 9.18 Å². The molecular weight excluding hydrogens is 305 g/mol. The summed E-state index contributed by atoms with van der Waals surface area (Å²) in [5.41, 5.74) is 0.856. The highest BCUT2D eigenvalue weighted by Crippen LogP contribution is 2.20. The lowest BCUT2D eigenvalue weighted by atomic mass is 10.0. The molecule has 1 aromatic carbocycles. The lowest BCUT2D eigenvalue weighted by molar-refractivity contribution is -0.131. The molecule has 0 spiro atoms. The van der Waals surface area contributed by atoms with E-state index in [4.69, 9.17) is 0 Å². The molecule has 1 fully saturated rings. The number of halogens is 1. The molecule has 0 N–H and O–H groups in total. The van der Waals surface area contributed by atoms with E-state index in [1.165, 1.54) is 12.1 Å². The quantitative estimate of drug-likeness (QED) is 0.866. The molecule has 5 heteroatoms. The molecule has 2 heterocycles. The molecule has 1 aromatic heterocycles. The molecule has 24 heavy (non-hydrogen) atoms. The second-order valence-corrected chi connectivity index (χ2v) is 6.21. The van der Waals surface area contributed by atoms with Gasteiger partial charge in [0.25, 0.3) is 0 Å². The Hall–Kier alpha value is -2.43. The van der Waals surface area contributed by atoms with Gasteiger partial charge in [0.2, 0.25) is 5.91 Å². The molecule has 1 aliphatic rings. The van der Waals surface area contributed by atoms with Crippen molar-refractivity contribution in [2.45, 2.75) is 25.3 Å². The summed E-state index contributed by atoms with van der Waals surface area (Å²) >= 11 is 0. The van der Waals surface area contributed by atoms with Gasteiger partial charge in [0.15, 0.2) is 0 Å². The van der Waals surface area contributed by atoms with Crippen LogP contribution in [0.5, 0.6) is 0 Å². The normalized spacial score (nSPS) is 15.3. The number of aromatic nitrogens is 1. The predicted molar refractivity (Wildman–Crippen MR) is 92.3 cm³/mol. The number of amides is 1. The van der Waals surface area contributed by atoms with Crippen molar-refractivity contribution in [3.63, 3.8) is 0 Å². The number of carbonyl (C=O) groups excluding carboxylic acids is 1. The highest BCUT2D eigenvalue weighted by molar-refractivity contribution is 5.78. The van der Waals surface area contributed by atoms with Crippen LogP contribution in [0.2, 0.25) is 0 Å². The maximum atomic E-state index is 12.9. The summed E-state index contributed by atoms with van der Waals surface area (Å²) in [6.07, 6.45) is 4.00. The van der Waals surface area contributed by atoms with Gasteiger partial charge in [0.1, 0.15) is 11.6 Å². The van der Waals surface area contributed by atoms with Crippen LogP contribution in [0, 0.1) is 5.82 Å². The van der Waals surface area contributed by atoms with Crippen LogP contribution in [0.15, 0.2) is 48.7 Å². The van der Waals surface area contributed by atoms with Crippen molar-refractivity contribution in [1.29, 1.82) is 0 Å². The third kappa shape index (κ3) is 3.91. The van der Waals surface area contributed by atoms with Gasteiger partial charge in [-0.25, -0.2) is 9.37 Å². The number of piperidine rings is 1. The Morgan fingerprint density at radius 3 is 2.54 bits per heavy atom. The summed E-state index contributed by atoms with van der Waals surface area (Å²) < 4.78 is 12.9. The van der Waals surface area contributed by atoms with Crippen LogP contribution in [-0.4, -0.2) is 42.0 Å². The smallest absolute Gasteiger partial charge is 0.226 e. The molecule has 1 amide bonds. The highest BCUT2D eigenvalue weighted by Gasteiger charge is 2.25. The minimum atomic E-state index is -0.274. The van der Waals surface area contributed by atoms with Gasteiger partial charge in [-0.15, -0.1) is 0 Å². The van der Waals surface area contributed by atoms with Crippen molar-refractivity contribution in [2.24, 2.45) is 0 Å². The van der Waals surface area contributed by atoms with E-state index in [1.54, 1.807) is 18.3 Å². The Balaban J connectivity index is 1.53. The molecular formula is C19H22FN3O. The number of pyridine rings is 1. The van der Waals surface area contributed by atoms with E-state index < -0.39 is 0 Å². The third-order valence-electron chi connectivity index (χ3n) is 4.64. The van der Waals surface area contributed by atoms with Crippen molar-refractivity contribution in [2.75, 3.05) is 25.0 Å². The zero-order chi connectivity index (χ0) is 16.9. The maximum absolute atomic E-state index is 12.9. The van der Waals surface area contributed by atoms with Crippen LogP contribution < -0.4 is 4.90 Å². The second-order valence-electron chi connectivity index (χ2n) is 6.21. The first kappa shape index (κ1) is 16.4. The average molecular weight is 327 g/mol. The first-order valence-corrected chi connectivity index (χ1v) is 8.29. The third-order valence-corrected chi connectivity index (χ3v) is 4.64. The lowest BCUT2D eigenvalue weighted by Crippen LogP contribution is -2.46. The Morgan fingerprint density at radius 1 is 1.21 bits per heavy atom. The number of carbonyl (C=O) groups is 1. The number of benzene rings is 1. The topological polar surface area (TPSA) is 36.4 Å². The first-order chi connectivity index (χ1) is 11.6. The summed E-state index contributed by atoms with van der Waals surface area (Å²) in [7, 11) is 2.06. The van der Waals surface area contributed by atoms with Crippen LogP contribution in [0.1, 0.15) is 18.4 Å². The molecule has 0 atom stereocenters. The van der Waals surface area contributed by atoms with E-state index in [0.29, 0.717) is 12.5 Å². The zero-order valence-electron chi connectivity index (χ0n) is 13.9. The molecule has 1 saturated heterocycles. The van der Waals surface area contributed by atoms with E-state index >= 15 is 0 Å². The molecule has 1 aliphatic heterocycles. The van der Waals surface area contributed by atoms with Gasteiger partial charge in [0, 0.05) is 32.4 Å². The van der Waals surface area contributed by atoms with E-state index in [1.807, 2.05) is 23.1 Å². The van der Waals surface area contributed by atoms with E-state index in [-0.39, 0.29) is 11.7 Å². The van der Waals surface area contributed by atoms with E-state index in [0.717, 1.165) is 37.3 Å². The van der Waals surface area contributed by atoms with Crippen molar-refractivity contribution >= 4 is 11.7 Å². The van der Waals surface area contributed by atoms with Crippen molar-refractivity contribution in [1.82, 2.24) is 9.88 Å². The van der Waals surface area contributed by atoms with Crippen LogP contribution in [0.25, 0.3) is 0 Å². The number of nitrogens with zero attached hydrogens (tertiary/aromatic N) is 3. The van der Waals surface area contributed by atoms with Gasteiger partial charge in [-0.2, -0.15) is 0 Å². The Kier molecular flexibility index (Phi) is 5.08. The van der Waals surface area contributed by atoms with Gasteiger partial charge in [-0.05, 0) is 42.7 Å². The molecule has 4 nitrogen and oxygen atoms in total. The number of hydrogen-bond acceptors (Lipinski definition) is 3. The second kappa shape index (κ2) is 7.43. The van der Waals surface area contributed by atoms with Gasteiger partial charge < -0.3 is 9.80 Å². The minimum absolute atomic E-state index is 0.112. The number of rotatable bonds is 4. The monoisotopic (exact) mass is 327 g/mol. The zero-order valence-corrected chi connectivity index (χ0v) is 13.9. The van der Waals surface area contributed by atoms with Gasteiger partial charge >= 0.3 is 0 Å². The van der Waals surface area contributed by atoms with Gasteiger partial charge in [-0.1, -0.05) is 18.2 Å². The summed E-state index contributed by atoms with van der Waals surface area (Å²) in [5.74, 6) is 0.804. The van der Waals surface area contributed by atoms with Gasteiger partial charge in [-0.3, -0.25) is 4.79 Å². The molecule has 3 rings (SSSR count). The minimum Gasteiger partial charge on any atom is -0.357 e. The fourth-order valence-corrected chi connectivity index (χ4v) is 3.14. The largest absolute Gasteiger partial charge is 0.357 e. The van der Waals surface area contributed by atoms with Crippen LogP contribution in [0.4, 0.5) is 10.2 Å². The van der Waals surface area contributed by atoms with E-state index in [9.17, 15) is 9.18 Å². The Labute approximate surface area is 141 Å². The molecule has 0 saturated carbocycles. The molecule has 2 aromatic rings. The number of hydrogen-bond donors (Lipinski definition) is 0. The summed E-state index contributed by atoms with van der Waals surface area (Å²) in [6, 6.07) is 12.5. The SMILES string of the molecule is CN(c1ccccn1)C1CCN(C(=O)Cc2ccc(F)cc2)CC1. The highest BCUT2D eigenvalue weighted by atomic mass is 19.1. The number of anilines is 1. The number of likely N-dealkylation sites (tertiary alicyclic amines) is 1. The molecule has 0 aliphatic carbocycles. The fraction of sp³-hybridized carbons (Fsp3) is 0.368. The summed E-state index contributed by atoms with van der Waals surface area (Å²) in [6.45, 7) is 1.50. The average Bonchev–Trinajstić information content (AvgIpc) is 2.64.